The summed E-state index contributed by atoms with van der Waals surface area (Å²) in [7, 11) is 0. The third-order valence-corrected chi connectivity index (χ3v) is 3.83. The summed E-state index contributed by atoms with van der Waals surface area (Å²) in [6.45, 7) is 0. The lowest BCUT2D eigenvalue weighted by molar-refractivity contribution is -0.124. The van der Waals surface area contributed by atoms with E-state index < -0.39 is 23.6 Å². The van der Waals surface area contributed by atoms with E-state index >= 15 is 0 Å². The molecule has 0 atom stereocenters. The predicted molar refractivity (Wildman–Crippen MR) is 100 cm³/mol. The molecule has 1 aromatic rings. The Morgan fingerprint density at radius 1 is 0.654 bits per heavy atom. The van der Waals surface area contributed by atoms with E-state index in [1.807, 2.05) is 0 Å². The highest BCUT2D eigenvalue weighted by Crippen LogP contribution is 2.15. The van der Waals surface area contributed by atoms with Gasteiger partial charge in [0.1, 0.15) is 11.1 Å². The Balaban J connectivity index is 1.92. The Hall–Kier alpha value is -3.24. The van der Waals surface area contributed by atoms with Crippen molar-refractivity contribution in [1.29, 1.82) is 0 Å². The fraction of sp³-hybridized carbons (Fsp3) is 0. The average molecular weight is 386 g/mol. The molecule has 0 aliphatic carbocycles. The van der Waals surface area contributed by atoms with E-state index in [4.69, 9.17) is 24.4 Å². The monoisotopic (exact) mass is 386 g/mol. The van der Waals surface area contributed by atoms with Gasteiger partial charge in [0.25, 0.3) is 23.6 Å². The molecule has 4 N–H and O–H groups in total. The summed E-state index contributed by atoms with van der Waals surface area (Å²) in [6.07, 6.45) is 2.76. The summed E-state index contributed by atoms with van der Waals surface area (Å²) in [5.41, 5.74) is 0.836. The van der Waals surface area contributed by atoms with Gasteiger partial charge in [-0.05, 0) is 53.8 Å². The largest absolute Gasteiger partial charge is 0.299 e. The van der Waals surface area contributed by atoms with Crippen LogP contribution in [0.5, 0.6) is 0 Å². The van der Waals surface area contributed by atoms with Gasteiger partial charge in [-0.3, -0.25) is 40.4 Å². The van der Waals surface area contributed by atoms with Crippen LogP contribution in [0.1, 0.15) is 11.1 Å². The van der Waals surface area contributed by atoms with Crippen LogP contribution >= 0.6 is 24.4 Å². The average Bonchev–Trinajstić information content (AvgIpc) is 2.55. The Kier molecular flexibility index (Phi) is 4.69. The van der Waals surface area contributed by atoms with Crippen molar-refractivity contribution in [3.63, 3.8) is 0 Å². The lowest BCUT2D eigenvalue weighted by atomic mass is 10.0. The van der Waals surface area contributed by atoms with Gasteiger partial charge in [0, 0.05) is 0 Å². The highest BCUT2D eigenvalue weighted by Gasteiger charge is 2.26. The van der Waals surface area contributed by atoms with Crippen LogP contribution in [0.4, 0.5) is 0 Å². The molecule has 0 saturated carbocycles. The van der Waals surface area contributed by atoms with Crippen LogP contribution in [0, 0.1) is 0 Å². The van der Waals surface area contributed by atoms with Gasteiger partial charge in [-0.25, -0.2) is 0 Å². The van der Waals surface area contributed by atoms with Crippen LogP contribution < -0.4 is 21.3 Å². The van der Waals surface area contributed by atoms with Crippen LogP contribution in [0.25, 0.3) is 12.2 Å². The number of carbonyl (C=O) groups excluding carboxylic acids is 4. The summed E-state index contributed by atoms with van der Waals surface area (Å²) < 4.78 is 0. The van der Waals surface area contributed by atoms with Gasteiger partial charge in [-0.2, -0.15) is 0 Å². The molecule has 26 heavy (non-hydrogen) atoms. The molecule has 4 amide bonds. The van der Waals surface area contributed by atoms with E-state index in [1.165, 1.54) is 12.2 Å². The maximum Gasteiger partial charge on any atom is 0.263 e. The summed E-state index contributed by atoms with van der Waals surface area (Å²) in [6, 6.07) is 6.60. The van der Waals surface area contributed by atoms with E-state index in [-0.39, 0.29) is 21.4 Å². The van der Waals surface area contributed by atoms with Gasteiger partial charge in [0.15, 0.2) is 10.2 Å². The number of nitrogens with one attached hydrogen (secondary N) is 4. The molecule has 2 fully saturated rings. The SMILES string of the molecule is O=C1NC(=S)NC(=O)C1=Cc1cccc(C=C2C(=O)NC(=S)NC2=O)c1. The number of thiocarbonyl (C=S) groups is 2. The third-order valence-electron chi connectivity index (χ3n) is 3.42. The zero-order valence-corrected chi connectivity index (χ0v) is 14.5. The third kappa shape index (κ3) is 3.71. The van der Waals surface area contributed by atoms with Crippen LogP contribution in [-0.2, 0) is 19.2 Å². The summed E-state index contributed by atoms with van der Waals surface area (Å²) in [5, 5.41) is 9.25. The first-order valence-corrected chi connectivity index (χ1v) is 8.02. The zero-order chi connectivity index (χ0) is 18.8. The van der Waals surface area contributed by atoms with Crippen molar-refractivity contribution >= 4 is 70.4 Å². The van der Waals surface area contributed by atoms with E-state index in [2.05, 4.69) is 21.3 Å². The van der Waals surface area contributed by atoms with Gasteiger partial charge in [-0.1, -0.05) is 18.2 Å². The van der Waals surface area contributed by atoms with Crippen molar-refractivity contribution in [2.45, 2.75) is 0 Å². The van der Waals surface area contributed by atoms with Crippen LogP contribution in [0.15, 0.2) is 35.4 Å². The Morgan fingerprint density at radius 3 is 1.35 bits per heavy atom. The van der Waals surface area contributed by atoms with E-state index in [1.54, 1.807) is 24.3 Å². The number of benzene rings is 1. The molecular weight excluding hydrogens is 376 g/mol. The highest BCUT2D eigenvalue weighted by atomic mass is 32.1. The van der Waals surface area contributed by atoms with Crippen molar-refractivity contribution < 1.29 is 19.2 Å². The summed E-state index contributed by atoms with van der Waals surface area (Å²) in [4.78, 5) is 47.5. The fourth-order valence-electron chi connectivity index (χ4n) is 2.28. The molecule has 2 aliphatic rings. The Labute approximate surface area is 157 Å². The molecule has 0 unspecified atom stereocenters. The zero-order valence-electron chi connectivity index (χ0n) is 12.9. The lowest BCUT2D eigenvalue weighted by Crippen LogP contribution is -2.51. The number of hydrogen-bond acceptors (Lipinski definition) is 6. The Bertz CT molecular complexity index is 848. The smallest absolute Gasteiger partial charge is 0.263 e. The molecule has 2 aliphatic heterocycles. The second kappa shape index (κ2) is 6.94. The number of hydrogen-bond donors (Lipinski definition) is 4. The predicted octanol–water partition coefficient (Wildman–Crippen LogP) is -0.485. The minimum atomic E-state index is -0.609. The second-order valence-electron chi connectivity index (χ2n) is 5.26. The van der Waals surface area contributed by atoms with E-state index in [0.29, 0.717) is 11.1 Å². The quantitative estimate of drug-likeness (QED) is 0.310. The fourth-order valence-corrected chi connectivity index (χ4v) is 2.66. The molecule has 3 rings (SSSR count). The maximum absolute atomic E-state index is 11.9. The topological polar surface area (TPSA) is 116 Å². The van der Waals surface area contributed by atoms with E-state index in [9.17, 15) is 19.2 Å². The molecule has 130 valence electrons. The van der Waals surface area contributed by atoms with Crippen molar-refractivity contribution in [2.75, 3.05) is 0 Å². The Morgan fingerprint density at radius 2 is 1.00 bits per heavy atom. The van der Waals surface area contributed by atoms with Gasteiger partial charge < -0.3 is 0 Å². The number of carbonyl (C=O) groups is 4. The van der Waals surface area contributed by atoms with Gasteiger partial charge in [0.05, 0.1) is 0 Å². The summed E-state index contributed by atoms with van der Waals surface area (Å²) >= 11 is 9.47. The standard InChI is InChI=1S/C16H10N4O4S2/c21-11-9(12(22)18-15(25)17-11)5-7-2-1-3-8(4-7)6-10-13(23)19-16(26)20-14(10)24/h1-6H,(H2,17,18,21,22,25)(H2,19,20,23,24,26). The molecule has 0 aromatic heterocycles. The second-order valence-corrected chi connectivity index (χ2v) is 6.08. The van der Waals surface area contributed by atoms with Crippen molar-refractivity contribution in [3.8, 4) is 0 Å². The molecule has 10 heteroatoms. The number of amides is 4. The first kappa shape index (κ1) is 17.6. The first-order chi connectivity index (χ1) is 12.3. The van der Waals surface area contributed by atoms with Crippen molar-refractivity contribution in [2.24, 2.45) is 0 Å². The minimum absolute atomic E-state index is 0.0529. The molecule has 0 bridgehead atoms. The van der Waals surface area contributed by atoms with Crippen molar-refractivity contribution in [1.82, 2.24) is 21.3 Å². The lowest BCUT2D eigenvalue weighted by Gasteiger charge is -2.17. The minimum Gasteiger partial charge on any atom is -0.299 e. The molecule has 0 spiro atoms. The molecule has 2 heterocycles. The van der Waals surface area contributed by atoms with Gasteiger partial charge >= 0.3 is 0 Å². The van der Waals surface area contributed by atoms with Gasteiger partial charge in [0.2, 0.25) is 0 Å². The van der Waals surface area contributed by atoms with Crippen LogP contribution in [0.2, 0.25) is 0 Å². The first-order valence-electron chi connectivity index (χ1n) is 7.20. The molecular formula is C16H10N4O4S2. The van der Waals surface area contributed by atoms with Crippen LogP contribution in [-0.4, -0.2) is 33.9 Å². The summed E-state index contributed by atoms with van der Waals surface area (Å²) in [5.74, 6) is -2.44. The molecule has 0 radical (unpaired) electrons. The van der Waals surface area contributed by atoms with Crippen molar-refractivity contribution in [3.05, 3.63) is 46.5 Å². The maximum atomic E-state index is 11.9. The number of rotatable bonds is 2. The molecule has 1 aromatic carbocycles. The molecule has 8 nitrogen and oxygen atoms in total. The molecule has 2 saturated heterocycles. The highest BCUT2D eigenvalue weighted by molar-refractivity contribution is 7.80. The normalized spacial score (nSPS) is 17.2. The van der Waals surface area contributed by atoms with Crippen LogP contribution in [0.3, 0.4) is 0 Å². The van der Waals surface area contributed by atoms with E-state index in [0.717, 1.165) is 0 Å². The van der Waals surface area contributed by atoms with Gasteiger partial charge in [-0.15, -0.1) is 0 Å².